The van der Waals surface area contributed by atoms with Gasteiger partial charge in [-0.3, -0.25) is 0 Å². The molecule has 0 fully saturated rings. The topological polar surface area (TPSA) is 20.2 Å². The maximum atomic E-state index is 11.0. The van der Waals surface area contributed by atoms with Crippen molar-refractivity contribution >= 4 is 15.9 Å². The maximum Gasteiger partial charge on any atom is 0.0936 e. The van der Waals surface area contributed by atoms with Crippen molar-refractivity contribution in [2.45, 2.75) is 31.8 Å². The monoisotopic (exact) mass is 318 g/mol. The molecule has 2 heteroatoms. The van der Waals surface area contributed by atoms with Crippen LogP contribution in [0, 0.1) is 0 Å². The molecule has 0 aliphatic rings. The van der Waals surface area contributed by atoms with Gasteiger partial charge in [0.25, 0.3) is 0 Å². The van der Waals surface area contributed by atoms with Gasteiger partial charge in [-0.15, -0.1) is 0 Å². The van der Waals surface area contributed by atoms with E-state index in [9.17, 15) is 5.11 Å². The number of benzene rings is 2. The second kappa shape index (κ2) is 6.36. The molecule has 0 aromatic heterocycles. The van der Waals surface area contributed by atoms with Crippen LogP contribution in [0.2, 0.25) is 0 Å². The van der Waals surface area contributed by atoms with E-state index in [0.29, 0.717) is 6.42 Å². The largest absolute Gasteiger partial charge is 0.385 e. The first-order chi connectivity index (χ1) is 9.14. The minimum Gasteiger partial charge on any atom is -0.385 e. The van der Waals surface area contributed by atoms with Gasteiger partial charge >= 0.3 is 0 Å². The van der Waals surface area contributed by atoms with E-state index in [0.717, 1.165) is 28.4 Å². The number of hydrogen-bond acceptors (Lipinski definition) is 1. The first-order valence-electron chi connectivity index (χ1n) is 6.66. The lowest BCUT2D eigenvalue weighted by Gasteiger charge is -2.28. The Labute approximate surface area is 123 Å². The van der Waals surface area contributed by atoms with Crippen molar-refractivity contribution in [2.75, 3.05) is 0 Å². The third-order valence-electron chi connectivity index (χ3n) is 3.36. The quantitative estimate of drug-likeness (QED) is 0.848. The molecule has 0 radical (unpaired) electrons. The summed E-state index contributed by atoms with van der Waals surface area (Å²) in [5.41, 5.74) is 1.36. The summed E-state index contributed by atoms with van der Waals surface area (Å²) in [5.74, 6) is 0. The number of rotatable bonds is 5. The lowest BCUT2D eigenvalue weighted by Crippen LogP contribution is -2.28. The van der Waals surface area contributed by atoms with Gasteiger partial charge in [0.2, 0.25) is 0 Å². The fourth-order valence-electron chi connectivity index (χ4n) is 2.48. The minimum atomic E-state index is -0.781. The lowest BCUT2D eigenvalue weighted by atomic mass is 9.84. The molecule has 19 heavy (non-hydrogen) atoms. The molecule has 1 atom stereocenters. The van der Waals surface area contributed by atoms with Crippen molar-refractivity contribution in [2.24, 2.45) is 0 Å². The Morgan fingerprint density at radius 1 is 1.05 bits per heavy atom. The molecule has 0 amide bonds. The van der Waals surface area contributed by atoms with Crippen LogP contribution in [0.15, 0.2) is 59.1 Å². The second-order valence-electron chi connectivity index (χ2n) is 4.95. The standard InChI is InChI=1S/C17H19BrO/c1-2-11-17(19,15-8-4-3-5-9-15)13-14-7-6-10-16(18)12-14/h3-10,12,19H,2,11,13H2,1H3. The van der Waals surface area contributed by atoms with Gasteiger partial charge in [0.1, 0.15) is 0 Å². The highest BCUT2D eigenvalue weighted by atomic mass is 79.9. The number of aliphatic hydroxyl groups is 1. The Hall–Kier alpha value is -1.12. The zero-order chi connectivity index (χ0) is 13.7. The van der Waals surface area contributed by atoms with E-state index < -0.39 is 5.60 Å². The van der Waals surface area contributed by atoms with Gasteiger partial charge < -0.3 is 5.11 Å². The number of halogens is 1. The van der Waals surface area contributed by atoms with Crippen LogP contribution in [0.25, 0.3) is 0 Å². The van der Waals surface area contributed by atoms with Crippen LogP contribution in [0.4, 0.5) is 0 Å². The Morgan fingerprint density at radius 3 is 2.42 bits per heavy atom. The van der Waals surface area contributed by atoms with E-state index in [1.165, 1.54) is 0 Å². The zero-order valence-electron chi connectivity index (χ0n) is 11.1. The molecule has 0 heterocycles. The molecule has 0 aliphatic carbocycles. The molecular weight excluding hydrogens is 300 g/mol. The lowest BCUT2D eigenvalue weighted by molar-refractivity contribution is 0.0269. The molecule has 1 nitrogen and oxygen atoms in total. The Bertz CT molecular complexity index is 524. The van der Waals surface area contributed by atoms with Crippen molar-refractivity contribution in [3.8, 4) is 0 Å². The molecule has 1 unspecified atom stereocenters. The van der Waals surface area contributed by atoms with E-state index in [4.69, 9.17) is 0 Å². The average molecular weight is 319 g/mol. The predicted octanol–water partition coefficient (Wildman–Crippen LogP) is 4.68. The molecule has 0 saturated carbocycles. The van der Waals surface area contributed by atoms with Crippen LogP contribution >= 0.6 is 15.9 Å². The van der Waals surface area contributed by atoms with Crippen LogP contribution in [0.3, 0.4) is 0 Å². The fourth-order valence-corrected chi connectivity index (χ4v) is 2.93. The summed E-state index contributed by atoms with van der Waals surface area (Å²) < 4.78 is 1.05. The summed E-state index contributed by atoms with van der Waals surface area (Å²) in [4.78, 5) is 0. The van der Waals surface area contributed by atoms with Gasteiger partial charge in [-0.1, -0.05) is 71.7 Å². The fraction of sp³-hybridized carbons (Fsp3) is 0.294. The van der Waals surface area contributed by atoms with Crippen LogP contribution in [0.5, 0.6) is 0 Å². The number of hydrogen-bond donors (Lipinski definition) is 1. The Balaban J connectivity index is 2.30. The summed E-state index contributed by atoms with van der Waals surface area (Å²) >= 11 is 3.48. The van der Waals surface area contributed by atoms with Gasteiger partial charge in [-0.05, 0) is 29.7 Å². The normalized spacial score (nSPS) is 14.1. The highest BCUT2D eigenvalue weighted by Gasteiger charge is 2.28. The van der Waals surface area contributed by atoms with Crippen molar-refractivity contribution in [1.82, 2.24) is 0 Å². The average Bonchev–Trinajstić information content (AvgIpc) is 2.40. The van der Waals surface area contributed by atoms with Crippen LogP contribution in [-0.2, 0) is 12.0 Å². The smallest absolute Gasteiger partial charge is 0.0936 e. The van der Waals surface area contributed by atoms with Crippen LogP contribution in [-0.4, -0.2) is 5.11 Å². The van der Waals surface area contributed by atoms with Gasteiger partial charge in [0, 0.05) is 10.9 Å². The SMILES string of the molecule is CCCC(O)(Cc1cccc(Br)c1)c1ccccc1. The molecule has 0 aliphatic heterocycles. The molecular formula is C17H19BrO. The first-order valence-corrected chi connectivity index (χ1v) is 7.46. The van der Waals surface area contributed by atoms with E-state index in [2.05, 4.69) is 35.0 Å². The van der Waals surface area contributed by atoms with Crippen LogP contribution < -0.4 is 0 Å². The van der Waals surface area contributed by atoms with Crippen molar-refractivity contribution in [3.63, 3.8) is 0 Å². The summed E-state index contributed by atoms with van der Waals surface area (Å²) in [6.45, 7) is 2.11. The van der Waals surface area contributed by atoms with Crippen LogP contribution in [0.1, 0.15) is 30.9 Å². The summed E-state index contributed by atoms with van der Waals surface area (Å²) in [6, 6.07) is 18.1. The van der Waals surface area contributed by atoms with Gasteiger partial charge in [-0.2, -0.15) is 0 Å². The summed E-state index contributed by atoms with van der Waals surface area (Å²) in [6.07, 6.45) is 2.37. The maximum absolute atomic E-state index is 11.0. The van der Waals surface area contributed by atoms with Gasteiger partial charge in [0.15, 0.2) is 0 Å². The third kappa shape index (κ3) is 3.68. The second-order valence-corrected chi connectivity index (χ2v) is 5.87. The molecule has 1 N–H and O–H groups in total. The highest BCUT2D eigenvalue weighted by Crippen LogP contribution is 2.31. The predicted molar refractivity (Wildman–Crippen MR) is 83.1 cm³/mol. The third-order valence-corrected chi connectivity index (χ3v) is 3.85. The Kier molecular flexibility index (Phi) is 4.78. The zero-order valence-corrected chi connectivity index (χ0v) is 12.7. The van der Waals surface area contributed by atoms with Crippen molar-refractivity contribution < 1.29 is 5.11 Å². The minimum absolute atomic E-state index is 0.643. The van der Waals surface area contributed by atoms with E-state index >= 15 is 0 Å². The molecule has 100 valence electrons. The summed E-state index contributed by atoms with van der Waals surface area (Å²) in [7, 11) is 0. The van der Waals surface area contributed by atoms with E-state index in [1.54, 1.807) is 0 Å². The van der Waals surface area contributed by atoms with Gasteiger partial charge in [-0.25, -0.2) is 0 Å². The molecule has 0 bridgehead atoms. The molecule has 0 saturated heterocycles. The molecule has 2 aromatic rings. The van der Waals surface area contributed by atoms with Crippen molar-refractivity contribution in [1.29, 1.82) is 0 Å². The molecule has 2 aromatic carbocycles. The molecule has 2 rings (SSSR count). The van der Waals surface area contributed by atoms with Crippen molar-refractivity contribution in [3.05, 3.63) is 70.2 Å². The van der Waals surface area contributed by atoms with E-state index in [-0.39, 0.29) is 0 Å². The first kappa shape index (κ1) is 14.3. The van der Waals surface area contributed by atoms with Gasteiger partial charge in [0.05, 0.1) is 5.60 Å². The Morgan fingerprint density at radius 2 is 1.79 bits per heavy atom. The molecule has 0 spiro atoms. The summed E-state index contributed by atoms with van der Waals surface area (Å²) in [5, 5.41) is 11.0. The highest BCUT2D eigenvalue weighted by molar-refractivity contribution is 9.10. The van der Waals surface area contributed by atoms with E-state index in [1.807, 2.05) is 42.5 Å².